The van der Waals surface area contributed by atoms with Crippen molar-refractivity contribution in [3.8, 4) is 0 Å². The molecule has 0 bridgehead atoms. The van der Waals surface area contributed by atoms with Crippen LogP contribution in [0.1, 0.15) is 41.5 Å². The van der Waals surface area contributed by atoms with Crippen molar-refractivity contribution in [1.29, 1.82) is 0 Å². The first-order chi connectivity index (χ1) is 12.3. The number of carbonyl (C=O) groups is 1. The number of benzene rings is 1. The van der Waals surface area contributed by atoms with Crippen molar-refractivity contribution in [3.63, 3.8) is 0 Å². The highest BCUT2D eigenvalue weighted by molar-refractivity contribution is 7.89. The van der Waals surface area contributed by atoms with E-state index in [0.29, 0.717) is 24.6 Å². The fraction of sp³-hybridized carbons (Fsp3) is 0.474. The maximum absolute atomic E-state index is 12.8. The SMILES string of the molecule is CC(=O)c1ccc(S(=O)(=O)N2CCC(Cn3nc(C)cc3C)CC2)cc1. The first-order valence-electron chi connectivity index (χ1n) is 8.89. The minimum atomic E-state index is -3.51. The van der Waals surface area contributed by atoms with Gasteiger partial charge in [0, 0.05) is 30.9 Å². The minimum Gasteiger partial charge on any atom is -0.295 e. The molecule has 0 spiro atoms. The molecule has 0 saturated carbocycles. The standard InChI is InChI=1S/C19H25N3O3S/c1-14-12-15(2)22(20-14)13-17-8-10-21(11-9-17)26(24,25)19-6-4-18(5-7-19)16(3)23/h4-7,12,17H,8-11,13H2,1-3H3. The summed E-state index contributed by atoms with van der Waals surface area (Å²) in [6.45, 7) is 7.36. The third kappa shape index (κ3) is 3.88. The monoisotopic (exact) mass is 375 g/mol. The molecular formula is C19H25N3O3S. The van der Waals surface area contributed by atoms with E-state index < -0.39 is 10.0 Å². The number of hydrogen-bond donors (Lipinski definition) is 0. The van der Waals surface area contributed by atoms with Crippen LogP contribution in [0.3, 0.4) is 0 Å². The Labute approximate surface area is 154 Å². The van der Waals surface area contributed by atoms with Crippen LogP contribution in [0.4, 0.5) is 0 Å². The van der Waals surface area contributed by atoms with Crippen LogP contribution in [-0.4, -0.2) is 41.4 Å². The Morgan fingerprint density at radius 3 is 2.27 bits per heavy atom. The average molecular weight is 375 g/mol. The van der Waals surface area contributed by atoms with Gasteiger partial charge in [-0.05, 0) is 57.7 Å². The maximum Gasteiger partial charge on any atom is 0.243 e. The Kier molecular flexibility index (Phi) is 5.29. The van der Waals surface area contributed by atoms with Crippen LogP contribution in [0.2, 0.25) is 0 Å². The second-order valence-corrected chi connectivity index (χ2v) is 8.98. The molecule has 0 radical (unpaired) electrons. The van der Waals surface area contributed by atoms with Gasteiger partial charge < -0.3 is 0 Å². The van der Waals surface area contributed by atoms with Gasteiger partial charge in [-0.1, -0.05) is 12.1 Å². The van der Waals surface area contributed by atoms with Crippen molar-refractivity contribution in [2.45, 2.75) is 45.1 Å². The second-order valence-electron chi connectivity index (χ2n) is 7.04. The van der Waals surface area contributed by atoms with E-state index in [4.69, 9.17) is 0 Å². The Morgan fingerprint density at radius 1 is 1.15 bits per heavy atom. The zero-order chi connectivity index (χ0) is 18.9. The third-order valence-electron chi connectivity index (χ3n) is 5.01. The lowest BCUT2D eigenvalue weighted by molar-refractivity contribution is 0.101. The second kappa shape index (κ2) is 7.32. The summed E-state index contributed by atoms with van der Waals surface area (Å²) in [6.07, 6.45) is 1.65. The lowest BCUT2D eigenvalue weighted by atomic mass is 9.98. The van der Waals surface area contributed by atoms with E-state index in [1.165, 1.54) is 19.1 Å². The predicted molar refractivity (Wildman–Crippen MR) is 99.6 cm³/mol. The molecule has 140 valence electrons. The third-order valence-corrected chi connectivity index (χ3v) is 6.92. The van der Waals surface area contributed by atoms with Crippen LogP contribution in [0.5, 0.6) is 0 Å². The van der Waals surface area contributed by atoms with Gasteiger partial charge in [-0.25, -0.2) is 8.42 Å². The molecule has 2 heterocycles. The number of hydrogen-bond acceptors (Lipinski definition) is 4. The summed E-state index contributed by atoms with van der Waals surface area (Å²) >= 11 is 0. The van der Waals surface area contributed by atoms with Crippen molar-refractivity contribution >= 4 is 15.8 Å². The molecule has 1 aromatic heterocycles. The van der Waals surface area contributed by atoms with Crippen molar-refractivity contribution in [2.75, 3.05) is 13.1 Å². The van der Waals surface area contributed by atoms with Gasteiger partial charge in [-0.2, -0.15) is 9.40 Å². The zero-order valence-corrected chi connectivity index (χ0v) is 16.3. The molecule has 2 aromatic rings. The van der Waals surface area contributed by atoms with E-state index in [0.717, 1.165) is 30.8 Å². The molecule has 1 fully saturated rings. The number of aromatic nitrogens is 2. The fourth-order valence-corrected chi connectivity index (χ4v) is 4.92. The summed E-state index contributed by atoms with van der Waals surface area (Å²) in [4.78, 5) is 11.6. The summed E-state index contributed by atoms with van der Waals surface area (Å²) in [5.41, 5.74) is 2.67. The van der Waals surface area contributed by atoms with Gasteiger partial charge in [-0.3, -0.25) is 9.48 Å². The molecule has 3 rings (SSSR count). The Hall–Kier alpha value is -1.99. The van der Waals surface area contributed by atoms with E-state index in [1.54, 1.807) is 16.4 Å². The fourth-order valence-electron chi connectivity index (χ4n) is 3.45. The molecule has 1 aliphatic heterocycles. The molecule has 0 aliphatic carbocycles. The number of rotatable bonds is 5. The van der Waals surface area contributed by atoms with Crippen LogP contribution in [0.15, 0.2) is 35.2 Å². The topological polar surface area (TPSA) is 72.3 Å². The van der Waals surface area contributed by atoms with Gasteiger partial charge in [0.15, 0.2) is 5.78 Å². The molecule has 26 heavy (non-hydrogen) atoms. The molecule has 1 aromatic carbocycles. The lowest BCUT2D eigenvalue weighted by Crippen LogP contribution is -2.39. The van der Waals surface area contributed by atoms with Crippen LogP contribution < -0.4 is 0 Å². The van der Waals surface area contributed by atoms with Crippen LogP contribution >= 0.6 is 0 Å². The first-order valence-corrected chi connectivity index (χ1v) is 10.3. The first kappa shape index (κ1) is 18.8. The summed E-state index contributed by atoms with van der Waals surface area (Å²) < 4.78 is 29.2. The molecule has 6 nitrogen and oxygen atoms in total. The average Bonchev–Trinajstić information content (AvgIpc) is 2.92. The molecule has 0 atom stereocenters. The van der Waals surface area contributed by atoms with E-state index >= 15 is 0 Å². The van der Waals surface area contributed by atoms with Gasteiger partial charge in [-0.15, -0.1) is 0 Å². The van der Waals surface area contributed by atoms with Crippen molar-refractivity contribution in [2.24, 2.45) is 5.92 Å². The highest BCUT2D eigenvalue weighted by Crippen LogP contribution is 2.25. The van der Waals surface area contributed by atoms with E-state index in [-0.39, 0.29) is 10.7 Å². The maximum atomic E-state index is 12.8. The Bertz CT molecular complexity index is 893. The number of sulfonamides is 1. The van der Waals surface area contributed by atoms with Gasteiger partial charge >= 0.3 is 0 Å². The van der Waals surface area contributed by atoms with Gasteiger partial charge in [0.25, 0.3) is 0 Å². The summed E-state index contributed by atoms with van der Waals surface area (Å²) in [7, 11) is -3.51. The predicted octanol–water partition coefficient (Wildman–Crippen LogP) is 2.80. The highest BCUT2D eigenvalue weighted by Gasteiger charge is 2.29. The van der Waals surface area contributed by atoms with Crippen LogP contribution in [0.25, 0.3) is 0 Å². The van der Waals surface area contributed by atoms with Crippen LogP contribution in [0, 0.1) is 19.8 Å². The normalized spacial score (nSPS) is 16.7. The molecule has 0 amide bonds. The van der Waals surface area contributed by atoms with Crippen LogP contribution in [-0.2, 0) is 16.6 Å². The highest BCUT2D eigenvalue weighted by atomic mass is 32.2. The summed E-state index contributed by atoms with van der Waals surface area (Å²) in [5, 5.41) is 4.50. The summed E-state index contributed by atoms with van der Waals surface area (Å²) in [6, 6.07) is 8.25. The van der Waals surface area contributed by atoms with E-state index in [2.05, 4.69) is 11.2 Å². The van der Waals surface area contributed by atoms with Crippen molar-refractivity contribution in [3.05, 3.63) is 47.3 Å². The Morgan fingerprint density at radius 2 is 1.77 bits per heavy atom. The van der Waals surface area contributed by atoms with E-state index in [9.17, 15) is 13.2 Å². The number of carbonyl (C=O) groups excluding carboxylic acids is 1. The number of nitrogens with zero attached hydrogens (tertiary/aromatic N) is 3. The molecule has 7 heteroatoms. The van der Waals surface area contributed by atoms with Gasteiger partial charge in [0.2, 0.25) is 10.0 Å². The number of aryl methyl sites for hydroxylation is 2. The van der Waals surface area contributed by atoms with Crippen molar-refractivity contribution in [1.82, 2.24) is 14.1 Å². The number of Topliss-reactive ketones (excluding diaryl/α,β-unsaturated/α-hetero) is 1. The smallest absolute Gasteiger partial charge is 0.243 e. The number of piperidine rings is 1. The van der Waals surface area contributed by atoms with Crippen molar-refractivity contribution < 1.29 is 13.2 Å². The summed E-state index contributed by atoms with van der Waals surface area (Å²) in [5.74, 6) is 0.360. The molecule has 0 unspecified atom stereocenters. The molecular weight excluding hydrogens is 350 g/mol. The molecule has 1 aliphatic rings. The largest absolute Gasteiger partial charge is 0.295 e. The zero-order valence-electron chi connectivity index (χ0n) is 15.5. The Balaban J connectivity index is 1.64. The van der Waals surface area contributed by atoms with E-state index in [1.807, 2.05) is 18.5 Å². The van der Waals surface area contributed by atoms with Gasteiger partial charge in [0.05, 0.1) is 10.6 Å². The molecule has 0 N–H and O–H groups in total. The number of ketones is 1. The molecule has 1 saturated heterocycles. The lowest BCUT2D eigenvalue weighted by Gasteiger charge is -2.31. The van der Waals surface area contributed by atoms with Gasteiger partial charge in [0.1, 0.15) is 0 Å². The quantitative estimate of drug-likeness (QED) is 0.754. The minimum absolute atomic E-state index is 0.0705.